The number of nitrogens with two attached hydrogens (primary N) is 2. The van der Waals surface area contributed by atoms with Gasteiger partial charge in [-0.05, 0) is 17.7 Å². The van der Waals surface area contributed by atoms with Gasteiger partial charge in [0.1, 0.15) is 0 Å². The first-order valence-corrected chi connectivity index (χ1v) is 5.82. The normalized spacial score (nSPS) is 11.8. The molecule has 1 aromatic rings. The van der Waals surface area contributed by atoms with Gasteiger partial charge in [0.25, 0.3) is 0 Å². The Bertz CT molecular complexity index is 435. The molecule has 0 aliphatic rings. The van der Waals surface area contributed by atoms with Gasteiger partial charge in [0.15, 0.2) is 0 Å². The lowest BCUT2D eigenvalue weighted by atomic mass is 10.2. The third-order valence-electron chi connectivity index (χ3n) is 2.44. The topological polar surface area (TPSA) is 81.6 Å². The predicted octanol–water partition coefficient (Wildman–Crippen LogP) is 1.09. The van der Waals surface area contributed by atoms with Crippen LogP contribution in [0, 0.1) is 0 Å². The fourth-order valence-electron chi connectivity index (χ4n) is 1.61. The predicted molar refractivity (Wildman–Crippen MR) is 67.3 cm³/mol. The summed E-state index contributed by atoms with van der Waals surface area (Å²) < 4.78 is 39.4. The number of carbonyl (C=O) groups excluding carboxylic acids is 1. The van der Waals surface area contributed by atoms with Gasteiger partial charge in [0, 0.05) is 18.8 Å². The molecule has 0 aromatic heterocycles. The number of primary amides is 1. The van der Waals surface area contributed by atoms with Crippen LogP contribution in [0.15, 0.2) is 24.3 Å². The maximum absolute atomic E-state index is 11.9. The van der Waals surface area contributed by atoms with Crippen LogP contribution in [0.1, 0.15) is 5.56 Å². The third kappa shape index (κ3) is 6.95. The average molecular weight is 291 g/mol. The van der Waals surface area contributed by atoms with Crippen LogP contribution in [0.3, 0.4) is 0 Å². The van der Waals surface area contributed by atoms with Crippen LogP contribution in [0.25, 0.3) is 0 Å². The van der Waals surface area contributed by atoms with Crippen molar-refractivity contribution in [2.24, 2.45) is 5.73 Å². The minimum absolute atomic E-state index is 0.0627. The molecule has 0 saturated heterocycles. The first kappa shape index (κ1) is 16.3. The van der Waals surface area contributed by atoms with E-state index in [1.54, 1.807) is 24.3 Å². The van der Waals surface area contributed by atoms with Gasteiger partial charge >= 0.3 is 6.36 Å². The molecule has 0 unspecified atom stereocenters. The van der Waals surface area contributed by atoms with Crippen molar-refractivity contribution in [2.75, 3.05) is 25.4 Å². The highest BCUT2D eigenvalue weighted by molar-refractivity contribution is 5.75. The van der Waals surface area contributed by atoms with Crippen LogP contribution in [0.2, 0.25) is 0 Å². The molecule has 0 heterocycles. The molecule has 0 atom stereocenters. The minimum Gasteiger partial charge on any atom is -0.399 e. The zero-order valence-corrected chi connectivity index (χ0v) is 10.7. The van der Waals surface area contributed by atoms with E-state index < -0.39 is 18.9 Å². The molecule has 5 nitrogen and oxygen atoms in total. The molecular formula is C12H16F3N3O2. The summed E-state index contributed by atoms with van der Waals surface area (Å²) in [6.45, 7) is -0.491. The number of nitrogen functional groups attached to an aromatic ring is 1. The summed E-state index contributed by atoms with van der Waals surface area (Å²) in [4.78, 5) is 12.4. The first-order chi connectivity index (χ1) is 9.26. The molecule has 4 N–H and O–H groups in total. The molecule has 0 bridgehead atoms. The highest BCUT2D eigenvalue weighted by atomic mass is 19.4. The van der Waals surface area contributed by atoms with E-state index in [0.29, 0.717) is 5.69 Å². The number of halogens is 3. The van der Waals surface area contributed by atoms with E-state index in [0.717, 1.165) is 5.56 Å². The summed E-state index contributed by atoms with van der Waals surface area (Å²) >= 11 is 0. The second-order valence-electron chi connectivity index (χ2n) is 4.21. The maximum Gasteiger partial charge on any atom is 0.522 e. The van der Waals surface area contributed by atoms with Crippen molar-refractivity contribution in [1.82, 2.24) is 4.90 Å². The molecule has 0 fully saturated rings. The number of benzene rings is 1. The number of anilines is 1. The fourth-order valence-corrected chi connectivity index (χ4v) is 1.61. The number of hydrogen-bond donors (Lipinski definition) is 2. The first-order valence-electron chi connectivity index (χ1n) is 5.82. The molecule has 20 heavy (non-hydrogen) atoms. The molecule has 0 saturated carbocycles. The van der Waals surface area contributed by atoms with Gasteiger partial charge in [0.05, 0.1) is 13.2 Å². The number of amides is 1. The van der Waals surface area contributed by atoms with Gasteiger partial charge in [-0.1, -0.05) is 12.1 Å². The van der Waals surface area contributed by atoms with Crippen molar-refractivity contribution in [1.29, 1.82) is 0 Å². The summed E-state index contributed by atoms with van der Waals surface area (Å²) in [5.74, 6) is -0.618. The third-order valence-corrected chi connectivity index (χ3v) is 2.44. The second kappa shape index (κ2) is 7.11. The average Bonchev–Trinajstić information content (AvgIpc) is 2.29. The smallest absolute Gasteiger partial charge is 0.399 e. The van der Waals surface area contributed by atoms with E-state index >= 15 is 0 Å². The van der Waals surface area contributed by atoms with E-state index in [9.17, 15) is 18.0 Å². The summed E-state index contributed by atoms with van der Waals surface area (Å²) in [6, 6.07) is 6.80. The number of rotatable bonds is 7. The molecule has 1 amide bonds. The second-order valence-corrected chi connectivity index (χ2v) is 4.21. The molecule has 8 heteroatoms. The van der Waals surface area contributed by atoms with E-state index in [4.69, 9.17) is 11.5 Å². The van der Waals surface area contributed by atoms with Gasteiger partial charge in [-0.2, -0.15) is 0 Å². The monoisotopic (exact) mass is 291 g/mol. The number of nitrogens with zero attached hydrogens (tertiary/aromatic N) is 1. The minimum atomic E-state index is -4.68. The fraction of sp³-hybridized carbons (Fsp3) is 0.417. The van der Waals surface area contributed by atoms with Crippen molar-refractivity contribution in [3.8, 4) is 0 Å². The summed E-state index contributed by atoms with van der Waals surface area (Å²) in [7, 11) is 0. The van der Waals surface area contributed by atoms with Crippen LogP contribution in [-0.4, -0.2) is 36.9 Å². The Labute approximate surface area is 114 Å². The van der Waals surface area contributed by atoms with Gasteiger partial charge < -0.3 is 11.5 Å². The summed E-state index contributed by atoms with van der Waals surface area (Å²) in [6.07, 6.45) is -4.68. The standard InChI is InChI=1S/C12H16F3N3O2/c13-12(14,15)20-6-5-18(8-11(17)19)7-9-1-3-10(16)4-2-9/h1-4H,5-8,16H2,(H2,17,19). The number of hydrogen-bond acceptors (Lipinski definition) is 4. The zero-order valence-electron chi connectivity index (χ0n) is 10.7. The van der Waals surface area contributed by atoms with Crippen LogP contribution in [0.4, 0.5) is 18.9 Å². The Hall–Kier alpha value is -1.80. The molecule has 0 aliphatic carbocycles. The molecular weight excluding hydrogens is 275 g/mol. The quantitative estimate of drug-likeness (QED) is 0.737. The molecule has 112 valence electrons. The lowest BCUT2D eigenvalue weighted by Crippen LogP contribution is -2.36. The Morgan fingerprint density at radius 2 is 1.85 bits per heavy atom. The van der Waals surface area contributed by atoms with Gasteiger partial charge in [0.2, 0.25) is 5.91 Å². The van der Waals surface area contributed by atoms with Crippen molar-refractivity contribution >= 4 is 11.6 Å². The highest BCUT2D eigenvalue weighted by Gasteiger charge is 2.29. The molecule has 1 aromatic carbocycles. The molecule has 0 aliphatic heterocycles. The Morgan fingerprint density at radius 1 is 1.25 bits per heavy atom. The Balaban J connectivity index is 2.55. The summed E-state index contributed by atoms with van der Waals surface area (Å²) in [5, 5.41) is 0. The lowest BCUT2D eigenvalue weighted by Gasteiger charge is -2.21. The Kier molecular flexibility index (Phi) is 5.78. The van der Waals surface area contributed by atoms with Crippen LogP contribution in [0.5, 0.6) is 0 Å². The zero-order chi connectivity index (χ0) is 15.2. The number of ether oxygens (including phenoxy) is 1. The van der Waals surface area contributed by atoms with Gasteiger partial charge in [-0.3, -0.25) is 14.4 Å². The van der Waals surface area contributed by atoms with Crippen LogP contribution < -0.4 is 11.5 Å². The number of carbonyl (C=O) groups is 1. The van der Waals surface area contributed by atoms with Crippen molar-refractivity contribution in [3.63, 3.8) is 0 Å². The molecule has 1 rings (SSSR count). The largest absolute Gasteiger partial charge is 0.522 e. The summed E-state index contributed by atoms with van der Waals surface area (Å²) in [5.41, 5.74) is 12.0. The van der Waals surface area contributed by atoms with E-state index in [1.165, 1.54) is 4.90 Å². The SMILES string of the molecule is NC(=O)CN(CCOC(F)(F)F)Cc1ccc(N)cc1. The van der Waals surface area contributed by atoms with Crippen molar-refractivity contribution in [2.45, 2.75) is 12.9 Å². The van der Waals surface area contributed by atoms with Crippen molar-refractivity contribution < 1.29 is 22.7 Å². The van der Waals surface area contributed by atoms with Crippen molar-refractivity contribution in [3.05, 3.63) is 29.8 Å². The van der Waals surface area contributed by atoms with Gasteiger partial charge in [-0.15, -0.1) is 13.2 Å². The van der Waals surface area contributed by atoms with Crippen LogP contribution >= 0.6 is 0 Å². The highest BCUT2D eigenvalue weighted by Crippen LogP contribution is 2.16. The van der Waals surface area contributed by atoms with Gasteiger partial charge in [-0.25, -0.2) is 0 Å². The van der Waals surface area contributed by atoms with E-state index in [2.05, 4.69) is 4.74 Å². The lowest BCUT2D eigenvalue weighted by molar-refractivity contribution is -0.325. The molecule has 0 radical (unpaired) electrons. The van der Waals surface area contributed by atoms with E-state index in [1.807, 2.05) is 0 Å². The Morgan fingerprint density at radius 3 is 2.35 bits per heavy atom. The van der Waals surface area contributed by atoms with E-state index in [-0.39, 0.29) is 19.6 Å². The van der Waals surface area contributed by atoms with Crippen LogP contribution in [-0.2, 0) is 16.1 Å². The number of alkyl halides is 3. The maximum atomic E-state index is 11.9. The molecule has 0 spiro atoms.